The molecule has 1 heterocycles. The number of hydrogen-bond donors (Lipinski definition) is 1. The summed E-state index contributed by atoms with van der Waals surface area (Å²) >= 11 is 0. The van der Waals surface area contributed by atoms with E-state index in [0.29, 0.717) is 18.2 Å². The molecule has 0 bridgehead atoms. The van der Waals surface area contributed by atoms with Gasteiger partial charge in [-0.05, 0) is 61.3 Å². The van der Waals surface area contributed by atoms with Crippen LogP contribution in [0, 0.1) is 12.8 Å². The zero-order valence-corrected chi connectivity index (χ0v) is 21.8. The largest absolute Gasteiger partial charge is 0.487 e. The van der Waals surface area contributed by atoms with Crippen molar-refractivity contribution >= 4 is 17.6 Å². The molecule has 1 unspecified atom stereocenters. The Balaban J connectivity index is 1.50. The summed E-state index contributed by atoms with van der Waals surface area (Å²) in [6.07, 6.45) is 2.92. The zero-order valence-electron chi connectivity index (χ0n) is 21.8. The van der Waals surface area contributed by atoms with Crippen LogP contribution >= 0.6 is 0 Å². The first kappa shape index (κ1) is 25.1. The number of fused-ring (bicyclic) bond motifs is 1. The maximum Gasteiger partial charge on any atom is 0.306 e. The van der Waals surface area contributed by atoms with Gasteiger partial charge in [0, 0.05) is 11.5 Å². The Morgan fingerprint density at radius 3 is 2.46 bits per heavy atom. The second-order valence-electron chi connectivity index (χ2n) is 10.4. The number of anilines is 1. The fourth-order valence-corrected chi connectivity index (χ4v) is 5.29. The number of aryl methyl sites for hydroxylation is 1. The number of esters is 1. The highest BCUT2D eigenvalue weighted by Gasteiger charge is 2.46. The van der Waals surface area contributed by atoms with E-state index in [1.165, 1.54) is 5.56 Å². The number of amides is 1. The van der Waals surface area contributed by atoms with E-state index < -0.39 is 0 Å². The molecule has 1 N–H and O–H groups in total. The normalized spacial score (nSPS) is 19.0. The number of benzene rings is 3. The van der Waals surface area contributed by atoms with Gasteiger partial charge >= 0.3 is 5.97 Å². The molecule has 5 rings (SSSR count). The summed E-state index contributed by atoms with van der Waals surface area (Å²) in [4.78, 5) is 25.4. The molecule has 0 saturated heterocycles. The standard InChI is InChI=1S/C32H35NO4/c1-4-36-29(35)16-21(3)25-18-26-30(23-8-6-5-7-9-23)31(24-14-15-24)37-32(26)27(19-25)33-28(34)17-22-12-10-20(2)11-13-22/h5-13,18-19,21,24,30-31H,4,14-17H2,1-3H3,(H,33,34)/t21?,30-,31+/m0/s1. The predicted octanol–water partition coefficient (Wildman–Crippen LogP) is 6.54. The van der Waals surface area contributed by atoms with E-state index in [9.17, 15) is 9.59 Å². The Kier molecular flexibility index (Phi) is 7.31. The second kappa shape index (κ2) is 10.8. The summed E-state index contributed by atoms with van der Waals surface area (Å²) in [5, 5.41) is 3.15. The Morgan fingerprint density at radius 2 is 1.78 bits per heavy atom. The molecule has 2 aliphatic rings. The lowest BCUT2D eigenvalue weighted by molar-refractivity contribution is -0.143. The van der Waals surface area contributed by atoms with Crippen molar-refractivity contribution in [3.63, 3.8) is 0 Å². The molecule has 3 aromatic carbocycles. The van der Waals surface area contributed by atoms with Crippen LogP contribution in [0.4, 0.5) is 5.69 Å². The first-order chi connectivity index (χ1) is 17.9. The van der Waals surface area contributed by atoms with E-state index in [0.717, 1.165) is 40.8 Å². The lowest BCUT2D eigenvalue weighted by atomic mass is 9.84. The summed E-state index contributed by atoms with van der Waals surface area (Å²) < 4.78 is 11.9. The van der Waals surface area contributed by atoms with Gasteiger partial charge in [0.1, 0.15) is 11.9 Å². The highest BCUT2D eigenvalue weighted by molar-refractivity contribution is 5.94. The van der Waals surface area contributed by atoms with Crippen LogP contribution in [0.5, 0.6) is 5.75 Å². The SMILES string of the molecule is CCOC(=O)CC(C)c1cc(NC(=O)Cc2ccc(C)cc2)c2c(c1)[C@H](c1ccccc1)[C@@H](C1CC1)O2. The van der Waals surface area contributed by atoms with Gasteiger partial charge in [-0.3, -0.25) is 9.59 Å². The monoisotopic (exact) mass is 497 g/mol. The molecule has 1 saturated carbocycles. The van der Waals surface area contributed by atoms with Crippen LogP contribution in [-0.2, 0) is 20.7 Å². The van der Waals surface area contributed by atoms with Crippen LogP contribution in [0.3, 0.4) is 0 Å². The van der Waals surface area contributed by atoms with Gasteiger partial charge in [-0.15, -0.1) is 0 Å². The molecule has 1 aliphatic heterocycles. The van der Waals surface area contributed by atoms with Gasteiger partial charge in [0.2, 0.25) is 5.91 Å². The fourth-order valence-electron chi connectivity index (χ4n) is 5.29. The van der Waals surface area contributed by atoms with Crippen molar-refractivity contribution in [3.8, 4) is 5.75 Å². The third kappa shape index (κ3) is 5.71. The second-order valence-corrected chi connectivity index (χ2v) is 10.4. The molecule has 3 aromatic rings. The molecule has 1 fully saturated rings. The highest BCUT2D eigenvalue weighted by atomic mass is 16.5. The quantitative estimate of drug-likeness (QED) is 0.341. The van der Waals surface area contributed by atoms with Gasteiger partial charge in [-0.2, -0.15) is 0 Å². The molecular formula is C32H35NO4. The Labute approximate surface area is 219 Å². The van der Waals surface area contributed by atoms with Gasteiger partial charge in [-0.1, -0.05) is 73.2 Å². The highest BCUT2D eigenvalue weighted by Crippen LogP contribution is 2.53. The van der Waals surface area contributed by atoms with Gasteiger partial charge < -0.3 is 14.8 Å². The van der Waals surface area contributed by atoms with Gasteiger partial charge in [-0.25, -0.2) is 0 Å². The number of nitrogens with one attached hydrogen (secondary N) is 1. The van der Waals surface area contributed by atoms with Crippen LogP contribution < -0.4 is 10.1 Å². The van der Waals surface area contributed by atoms with Crippen molar-refractivity contribution in [1.82, 2.24) is 0 Å². The minimum Gasteiger partial charge on any atom is -0.487 e. The Bertz CT molecular complexity index is 1260. The van der Waals surface area contributed by atoms with E-state index in [1.807, 2.05) is 57.2 Å². The number of carbonyl (C=O) groups is 2. The summed E-state index contributed by atoms with van der Waals surface area (Å²) in [5.74, 6) is 0.993. The summed E-state index contributed by atoms with van der Waals surface area (Å²) in [6.45, 7) is 6.25. The van der Waals surface area contributed by atoms with Crippen molar-refractivity contribution in [2.45, 2.75) is 64.4 Å². The zero-order chi connectivity index (χ0) is 25.9. The molecule has 5 nitrogen and oxygen atoms in total. The lowest BCUT2D eigenvalue weighted by Gasteiger charge is -2.19. The maximum absolute atomic E-state index is 13.1. The minimum atomic E-state index is -0.216. The van der Waals surface area contributed by atoms with Crippen LogP contribution in [0.1, 0.15) is 72.8 Å². The van der Waals surface area contributed by atoms with Gasteiger partial charge in [0.15, 0.2) is 0 Å². The maximum atomic E-state index is 13.1. The topological polar surface area (TPSA) is 64.6 Å². The summed E-state index contributed by atoms with van der Waals surface area (Å²) in [6, 6.07) is 22.6. The molecule has 192 valence electrons. The van der Waals surface area contributed by atoms with Crippen molar-refractivity contribution in [3.05, 3.63) is 94.5 Å². The van der Waals surface area contributed by atoms with E-state index in [4.69, 9.17) is 9.47 Å². The van der Waals surface area contributed by atoms with Crippen molar-refractivity contribution in [2.75, 3.05) is 11.9 Å². The Hall–Kier alpha value is -3.60. The molecule has 37 heavy (non-hydrogen) atoms. The number of carbonyl (C=O) groups excluding carboxylic acids is 2. The number of rotatable bonds is 9. The third-order valence-corrected chi connectivity index (χ3v) is 7.41. The minimum absolute atomic E-state index is 0.0424. The smallest absolute Gasteiger partial charge is 0.306 e. The van der Waals surface area contributed by atoms with E-state index in [2.05, 4.69) is 35.6 Å². The average molecular weight is 498 g/mol. The molecule has 0 spiro atoms. The first-order valence-electron chi connectivity index (χ1n) is 13.3. The van der Waals surface area contributed by atoms with Crippen LogP contribution in [0.15, 0.2) is 66.7 Å². The van der Waals surface area contributed by atoms with Crippen LogP contribution in [0.2, 0.25) is 0 Å². The fraction of sp³-hybridized carbons (Fsp3) is 0.375. The predicted molar refractivity (Wildman–Crippen MR) is 145 cm³/mol. The van der Waals surface area contributed by atoms with Crippen molar-refractivity contribution in [2.24, 2.45) is 5.92 Å². The van der Waals surface area contributed by atoms with Crippen molar-refractivity contribution in [1.29, 1.82) is 0 Å². The van der Waals surface area contributed by atoms with Gasteiger partial charge in [0.05, 0.1) is 25.1 Å². The summed E-state index contributed by atoms with van der Waals surface area (Å²) in [5.41, 5.74) is 6.11. The molecule has 1 aliphatic carbocycles. The van der Waals surface area contributed by atoms with Crippen LogP contribution in [0.25, 0.3) is 0 Å². The van der Waals surface area contributed by atoms with E-state index >= 15 is 0 Å². The first-order valence-corrected chi connectivity index (χ1v) is 13.3. The Morgan fingerprint density at radius 1 is 1.05 bits per heavy atom. The van der Waals surface area contributed by atoms with E-state index in [1.54, 1.807) is 0 Å². The molecule has 5 heteroatoms. The van der Waals surface area contributed by atoms with Crippen LogP contribution in [-0.4, -0.2) is 24.6 Å². The van der Waals surface area contributed by atoms with Crippen molar-refractivity contribution < 1.29 is 19.1 Å². The molecular weight excluding hydrogens is 462 g/mol. The number of ether oxygens (including phenoxy) is 2. The third-order valence-electron chi connectivity index (χ3n) is 7.41. The van der Waals surface area contributed by atoms with E-state index in [-0.39, 0.29) is 42.7 Å². The molecule has 3 atom stereocenters. The summed E-state index contributed by atoms with van der Waals surface area (Å²) in [7, 11) is 0. The molecule has 1 amide bonds. The number of hydrogen-bond acceptors (Lipinski definition) is 4. The molecule has 0 aromatic heterocycles. The average Bonchev–Trinajstić information content (AvgIpc) is 3.66. The lowest BCUT2D eigenvalue weighted by Crippen LogP contribution is -2.22. The van der Waals surface area contributed by atoms with Gasteiger partial charge in [0.25, 0.3) is 0 Å². The molecule has 0 radical (unpaired) electrons.